The van der Waals surface area contributed by atoms with Crippen LogP contribution in [0, 0.1) is 0 Å². The monoisotopic (exact) mass is 248 g/mol. The Hall–Kier alpha value is -1.88. The predicted octanol–water partition coefficient (Wildman–Crippen LogP) is 1.80. The van der Waals surface area contributed by atoms with Crippen molar-refractivity contribution in [3.63, 3.8) is 0 Å². The molecule has 0 spiro atoms. The molecule has 5 heteroatoms. The average molecular weight is 248 g/mol. The van der Waals surface area contributed by atoms with Crippen LogP contribution in [0.3, 0.4) is 0 Å². The number of nitrogens with zero attached hydrogens (tertiary/aromatic N) is 2. The molecular weight excluding hydrogens is 236 g/mol. The molecule has 0 radical (unpaired) electrons. The fraction of sp³-hybridized carbons (Fsp3) is 0.167. The molecule has 2 aromatic rings. The van der Waals surface area contributed by atoms with E-state index in [2.05, 4.69) is 0 Å². The average Bonchev–Trinajstić information content (AvgIpc) is 2.71. The van der Waals surface area contributed by atoms with Crippen molar-refractivity contribution in [2.45, 2.75) is 0 Å². The van der Waals surface area contributed by atoms with Gasteiger partial charge in [-0.25, -0.2) is 4.79 Å². The van der Waals surface area contributed by atoms with Crippen LogP contribution in [-0.4, -0.2) is 28.8 Å². The summed E-state index contributed by atoms with van der Waals surface area (Å²) < 4.78 is 6.44. The Morgan fingerprint density at radius 2 is 1.94 bits per heavy atom. The van der Waals surface area contributed by atoms with E-state index in [0.29, 0.717) is 10.8 Å². The Morgan fingerprint density at radius 1 is 1.29 bits per heavy atom. The molecule has 0 bridgehead atoms. The number of hydrogen-bond donors (Lipinski definition) is 0. The highest BCUT2D eigenvalue weighted by atomic mass is 32.1. The van der Waals surface area contributed by atoms with Crippen LogP contribution in [0.15, 0.2) is 45.7 Å². The van der Waals surface area contributed by atoms with Crippen LogP contribution in [-0.2, 0) is 0 Å². The highest BCUT2D eigenvalue weighted by Crippen LogP contribution is 2.18. The minimum absolute atomic E-state index is 0.409. The zero-order chi connectivity index (χ0) is 12.4. The van der Waals surface area contributed by atoms with Gasteiger partial charge in [-0.05, 0) is 12.2 Å². The second kappa shape index (κ2) is 4.55. The molecule has 17 heavy (non-hydrogen) atoms. The number of hydrogen-bond acceptors (Lipinski definition) is 3. The van der Waals surface area contributed by atoms with Crippen molar-refractivity contribution in [2.75, 3.05) is 14.1 Å². The topological polar surface area (TPSA) is 38.4 Å². The highest BCUT2D eigenvalue weighted by molar-refractivity contribution is 7.80. The fourth-order valence-corrected chi connectivity index (χ4v) is 1.60. The van der Waals surface area contributed by atoms with Gasteiger partial charge in [0, 0.05) is 19.7 Å². The fourth-order valence-electron chi connectivity index (χ4n) is 1.47. The van der Waals surface area contributed by atoms with Crippen LogP contribution < -0.4 is 5.63 Å². The molecule has 0 fully saturated rings. The van der Waals surface area contributed by atoms with Gasteiger partial charge in [-0.1, -0.05) is 30.3 Å². The van der Waals surface area contributed by atoms with Crippen LogP contribution in [0.2, 0.25) is 0 Å². The van der Waals surface area contributed by atoms with Crippen LogP contribution in [0.5, 0.6) is 0 Å². The van der Waals surface area contributed by atoms with Gasteiger partial charge in [0.15, 0.2) is 0 Å². The molecule has 4 nitrogen and oxygen atoms in total. The van der Waals surface area contributed by atoms with E-state index in [0.717, 1.165) is 5.56 Å². The normalized spacial score (nSPS) is 10.2. The van der Waals surface area contributed by atoms with Gasteiger partial charge in [-0.15, -0.1) is 4.74 Å². The molecule has 1 aromatic carbocycles. The van der Waals surface area contributed by atoms with Crippen LogP contribution in [0.4, 0.5) is 0 Å². The van der Waals surface area contributed by atoms with Crippen molar-refractivity contribution in [1.29, 1.82) is 0 Å². The largest absolute Gasteiger partial charge is 0.358 e. The third-order valence-corrected chi connectivity index (χ3v) is 2.81. The maximum Gasteiger partial charge on any atom is 0.358 e. The van der Waals surface area contributed by atoms with Gasteiger partial charge in [0.2, 0.25) is 5.11 Å². The highest BCUT2D eigenvalue weighted by Gasteiger charge is 2.13. The summed E-state index contributed by atoms with van der Waals surface area (Å²) in [6.07, 6.45) is 0. The molecule has 0 aliphatic rings. The summed E-state index contributed by atoms with van der Waals surface area (Å²) in [5.74, 6) is 0. The molecule has 0 saturated heterocycles. The minimum atomic E-state index is -0.409. The van der Waals surface area contributed by atoms with Gasteiger partial charge in [-0.3, -0.25) is 0 Å². The summed E-state index contributed by atoms with van der Waals surface area (Å²) >= 11 is 5.20. The Bertz CT molecular complexity index is 584. The molecule has 88 valence electrons. The second-order valence-electron chi connectivity index (χ2n) is 3.78. The maximum absolute atomic E-state index is 11.3. The first-order valence-electron chi connectivity index (χ1n) is 5.10. The van der Waals surface area contributed by atoms with Crippen molar-refractivity contribution in [1.82, 2.24) is 9.64 Å². The summed E-state index contributed by atoms with van der Waals surface area (Å²) in [7, 11) is 3.61. The number of aromatic nitrogens is 1. The lowest BCUT2D eigenvalue weighted by Gasteiger charge is -2.14. The predicted molar refractivity (Wildman–Crippen MR) is 70.1 cm³/mol. The number of benzene rings is 1. The summed E-state index contributed by atoms with van der Waals surface area (Å²) in [6, 6.07) is 10.9. The van der Waals surface area contributed by atoms with E-state index in [1.165, 1.54) is 10.8 Å². The molecule has 0 amide bonds. The molecule has 0 N–H and O–H groups in total. The molecule has 0 unspecified atom stereocenters. The van der Waals surface area contributed by atoms with E-state index < -0.39 is 5.63 Å². The molecule has 0 atom stereocenters. The second-order valence-corrected chi connectivity index (χ2v) is 4.14. The van der Waals surface area contributed by atoms with Gasteiger partial charge in [0.25, 0.3) is 0 Å². The molecule has 2 rings (SSSR count). The Balaban J connectivity index is 2.56. The van der Waals surface area contributed by atoms with E-state index in [1.807, 2.05) is 30.3 Å². The molecule has 1 heterocycles. The van der Waals surface area contributed by atoms with Gasteiger partial charge in [0.05, 0.1) is 11.8 Å². The van der Waals surface area contributed by atoms with E-state index >= 15 is 0 Å². The van der Waals surface area contributed by atoms with Crippen LogP contribution >= 0.6 is 12.2 Å². The zero-order valence-corrected chi connectivity index (χ0v) is 10.4. The van der Waals surface area contributed by atoms with Crippen molar-refractivity contribution >= 4 is 17.3 Å². The standard InChI is InChI=1S/C12H12N2O2S/c1-13(2)12(17)14-10(8-11(15)16-14)9-6-4-3-5-7-9/h3-8H,1-2H3. The van der Waals surface area contributed by atoms with Gasteiger partial charge in [0.1, 0.15) is 0 Å². The lowest BCUT2D eigenvalue weighted by atomic mass is 10.1. The van der Waals surface area contributed by atoms with E-state index in [4.69, 9.17) is 16.7 Å². The first kappa shape index (κ1) is 11.6. The Morgan fingerprint density at radius 3 is 2.53 bits per heavy atom. The van der Waals surface area contributed by atoms with Crippen molar-refractivity contribution in [3.8, 4) is 11.3 Å². The SMILES string of the molecule is CN(C)C(=S)n1oc(=O)cc1-c1ccccc1. The molecule has 0 aliphatic heterocycles. The first-order chi connectivity index (χ1) is 8.09. The van der Waals surface area contributed by atoms with E-state index in [1.54, 1.807) is 19.0 Å². The summed E-state index contributed by atoms with van der Waals surface area (Å²) in [5, 5.41) is 0.436. The zero-order valence-electron chi connectivity index (χ0n) is 9.58. The lowest BCUT2D eigenvalue weighted by molar-refractivity contribution is 0.328. The Kier molecular flexibility index (Phi) is 3.10. The maximum atomic E-state index is 11.3. The van der Waals surface area contributed by atoms with E-state index in [9.17, 15) is 4.79 Å². The summed E-state index contributed by atoms with van der Waals surface area (Å²) in [6.45, 7) is 0. The van der Waals surface area contributed by atoms with Gasteiger partial charge in [-0.2, -0.15) is 0 Å². The van der Waals surface area contributed by atoms with Gasteiger partial charge < -0.3 is 9.42 Å². The first-order valence-corrected chi connectivity index (χ1v) is 5.51. The van der Waals surface area contributed by atoms with Crippen molar-refractivity contribution in [3.05, 3.63) is 46.8 Å². The smallest absolute Gasteiger partial charge is 0.353 e. The Labute approximate surface area is 104 Å². The lowest BCUT2D eigenvalue weighted by Crippen LogP contribution is -2.27. The van der Waals surface area contributed by atoms with Crippen molar-refractivity contribution < 1.29 is 4.52 Å². The summed E-state index contributed by atoms with van der Waals surface area (Å²) in [5.41, 5.74) is 1.14. The molecular formula is C12H12N2O2S. The molecule has 1 aromatic heterocycles. The summed E-state index contributed by atoms with van der Waals surface area (Å²) in [4.78, 5) is 13.1. The van der Waals surface area contributed by atoms with Crippen molar-refractivity contribution in [2.24, 2.45) is 0 Å². The molecule has 0 saturated carbocycles. The minimum Gasteiger partial charge on any atom is -0.353 e. The third kappa shape index (κ3) is 2.29. The molecule has 0 aliphatic carbocycles. The number of thiocarbonyl (C=S) groups is 1. The van der Waals surface area contributed by atoms with Crippen LogP contribution in [0.1, 0.15) is 0 Å². The number of rotatable bonds is 1. The van der Waals surface area contributed by atoms with E-state index in [-0.39, 0.29) is 0 Å². The third-order valence-electron chi connectivity index (χ3n) is 2.28. The van der Waals surface area contributed by atoms with Crippen LogP contribution in [0.25, 0.3) is 11.3 Å². The quantitative estimate of drug-likeness (QED) is 0.721. The van der Waals surface area contributed by atoms with Gasteiger partial charge >= 0.3 is 5.63 Å².